The van der Waals surface area contributed by atoms with Crippen molar-refractivity contribution in [3.05, 3.63) is 41.5 Å². The molecule has 2 nitrogen and oxygen atoms in total. The molecule has 0 heterocycles. The molecular formula is C16H20O2. The standard InChI is InChI=1S/C16H20O2/c1-12(13-8-4-2-5-9-13)15(16(17)18)14-10-6-3-7-11-14/h2,4-5,8-9,14H,3,6-7,10-11H2,1H3,(H,17,18)/b15-12+. The Bertz CT molecular complexity index is 439. The third-order valence-electron chi connectivity index (χ3n) is 3.85. The maximum atomic E-state index is 11.6. The van der Waals surface area contributed by atoms with Crippen LogP contribution < -0.4 is 0 Å². The Balaban J connectivity index is 2.36. The fourth-order valence-electron chi connectivity index (χ4n) is 2.88. The lowest BCUT2D eigenvalue weighted by atomic mass is 9.81. The number of aliphatic carboxylic acids is 1. The van der Waals surface area contributed by atoms with Gasteiger partial charge in [0.05, 0.1) is 0 Å². The lowest BCUT2D eigenvalue weighted by Crippen LogP contribution is -2.17. The van der Waals surface area contributed by atoms with Gasteiger partial charge in [0.25, 0.3) is 0 Å². The second kappa shape index (κ2) is 5.85. The number of allylic oxidation sites excluding steroid dienone is 1. The van der Waals surface area contributed by atoms with Crippen molar-refractivity contribution in [2.75, 3.05) is 0 Å². The minimum atomic E-state index is -0.747. The van der Waals surface area contributed by atoms with Crippen molar-refractivity contribution in [3.8, 4) is 0 Å². The lowest BCUT2D eigenvalue weighted by Gasteiger charge is -2.24. The molecule has 96 valence electrons. The number of hydrogen-bond donors (Lipinski definition) is 1. The molecular weight excluding hydrogens is 224 g/mol. The smallest absolute Gasteiger partial charge is 0.332 e. The maximum absolute atomic E-state index is 11.6. The van der Waals surface area contributed by atoms with Gasteiger partial charge in [-0.3, -0.25) is 0 Å². The molecule has 0 saturated heterocycles. The van der Waals surface area contributed by atoms with Gasteiger partial charge in [-0.25, -0.2) is 4.79 Å². The van der Waals surface area contributed by atoms with E-state index in [9.17, 15) is 9.90 Å². The molecule has 0 bridgehead atoms. The van der Waals surface area contributed by atoms with Gasteiger partial charge >= 0.3 is 5.97 Å². The van der Waals surface area contributed by atoms with E-state index < -0.39 is 5.97 Å². The van der Waals surface area contributed by atoms with Crippen molar-refractivity contribution in [3.63, 3.8) is 0 Å². The van der Waals surface area contributed by atoms with Gasteiger partial charge in [-0.05, 0) is 36.8 Å². The van der Waals surface area contributed by atoms with Crippen LogP contribution in [0.15, 0.2) is 35.9 Å². The summed E-state index contributed by atoms with van der Waals surface area (Å²) in [5, 5.41) is 9.50. The van der Waals surface area contributed by atoms with Crippen LogP contribution in [0.4, 0.5) is 0 Å². The summed E-state index contributed by atoms with van der Waals surface area (Å²) < 4.78 is 0. The number of rotatable bonds is 3. The largest absolute Gasteiger partial charge is 0.478 e. The predicted octanol–water partition coefficient (Wildman–Crippen LogP) is 4.13. The summed E-state index contributed by atoms with van der Waals surface area (Å²) in [6.45, 7) is 1.94. The van der Waals surface area contributed by atoms with Crippen LogP contribution in [0.5, 0.6) is 0 Å². The van der Waals surface area contributed by atoms with Crippen LogP contribution in [-0.2, 0) is 4.79 Å². The topological polar surface area (TPSA) is 37.3 Å². The fraction of sp³-hybridized carbons (Fsp3) is 0.438. The van der Waals surface area contributed by atoms with Crippen molar-refractivity contribution in [1.82, 2.24) is 0 Å². The lowest BCUT2D eigenvalue weighted by molar-refractivity contribution is -0.133. The van der Waals surface area contributed by atoms with E-state index in [-0.39, 0.29) is 5.92 Å². The number of carbonyl (C=O) groups is 1. The highest BCUT2D eigenvalue weighted by molar-refractivity contribution is 5.96. The number of carboxylic acid groups (broad SMARTS) is 1. The molecule has 1 N–H and O–H groups in total. The van der Waals surface area contributed by atoms with E-state index in [1.807, 2.05) is 37.3 Å². The second-order valence-electron chi connectivity index (χ2n) is 5.04. The Labute approximate surface area is 108 Å². The molecule has 1 aliphatic rings. The molecule has 0 spiro atoms. The van der Waals surface area contributed by atoms with Gasteiger partial charge in [0.1, 0.15) is 0 Å². The van der Waals surface area contributed by atoms with Crippen molar-refractivity contribution in [2.45, 2.75) is 39.0 Å². The molecule has 18 heavy (non-hydrogen) atoms. The highest BCUT2D eigenvalue weighted by Crippen LogP contribution is 2.34. The molecule has 1 aliphatic carbocycles. The average molecular weight is 244 g/mol. The van der Waals surface area contributed by atoms with Crippen LogP contribution in [0, 0.1) is 5.92 Å². The van der Waals surface area contributed by atoms with Crippen molar-refractivity contribution in [1.29, 1.82) is 0 Å². The Morgan fingerprint density at radius 2 is 1.72 bits per heavy atom. The molecule has 0 aliphatic heterocycles. The van der Waals surface area contributed by atoms with Crippen LogP contribution in [0.1, 0.15) is 44.6 Å². The summed E-state index contributed by atoms with van der Waals surface area (Å²) in [4.78, 5) is 11.6. The van der Waals surface area contributed by atoms with E-state index in [1.165, 1.54) is 6.42 Å². The minimum absolute atomic E-state index is 0.233. The van der Waals surface area contributed by atoms with Crippen LogP contribution >= 0.6 is 0 Å². The van der Waals surface area contributed by atoms with E-state index in [4.69, 9.17) is 0 Å². The van der Waals surface area contributed by atoms with Gasteiger partial charge in [-0.1, -0.05) is 49.6 Å². The van der Waals surface area contributed by atoms with Crippen LogP contribution in [0.25, 0.3) is 5.57 Å². The summed E-state index contributed by atoms with van der Waals surface area (Å²) in [6.07, 6.45) is 5.60. The van der Waals surface area contributed by atoms with Gasteiger partial charge < -0.3 is 5.11 Å². The van der Waals surface area contributed by atoms with Gasteiger partial charge in [0.15, 0.2) is 0 Å². The van der Waals surface area contributed by atoms with Gasteiger partial charge in [-0.2, -0.15) is 0 Å². The van der Waals surface area contributed by atoms with Crippen LogP contribution in [-0.4, -0.2) is 11.1 Å². The zero-order valence-corrected chi connectivity index (χ0v) is 10.9. The van der Waals surface area contributed by atoms with Crippen molar-refractivity contribution >= 4 is 11.5 Å². The highest BCUT2D eigenvalue weighted by Gasteiger charge is 2.25. The van der Waals surface area contributed by atoms with Crippen LogP contribution in [0.2, 0.25) is 0 Å². The number of carboxylic acids is 1. The molecule has 1 saturated carbocycles. The third-order valence-corrected chi connectivity index (χ3v) is 3.85. The molecule has 0 unspecified atom stereocenters. The second-order valence-corrected chi connectivity index (χ2v) is 5.04. The zero-order valence-electron chi connectivity index (χ0n) is 10.9. The third kappa shape index (κ3) is 2.81. The molecule has 0 amide bonds. The molecule has 1 aromatic carbocycles. The van der Waals surface area contributed by atoms with E-state index in [1.54, 1.807) is 0 Å². The van der Waals surface area contributed by atoms with E-state index in [2.05, 4.69) is 0 Å². The first-order valence-electron chi connectivity index (χ1n) is 6.69. The summed E-state index contributed by atoms with van der Waals surface area (Å²) in [7, 11) is 0. The van der Waals surface area contributed by atoms with E-state index in [0.29, 0.717) is 5.57 Å². The molecule has 1 fully saturated rings. The van der Waals surface area contributed by atoms with E-state index in [0.717, 1.165) is 36.8 Å². The fourth-order valence-corrected chi connectivity index (χ4v) is 2.88. The SMILES string of the molecule is C/C(=C(\C(=O)O)C1CCCCC1)c1ccccc1. The number of hydrogen-bond acceptors (Lipinski definition) is 1. The molecule has 2 rings (SSSR count). The first-order valence-corrected chi connectivity index (χ1v) is 6.69. The van der Waals surface area contributed by atoms with Gasteiger partial charge in [-0.15, -0.1) is 0 Å². The summed E-state index contributed by atoms with van der Waals surface area (Å²) in [5.74, 6) is -0.514. The summed E-state index contributed by atoms with van der Waals surface area (Å²) in [5.41, 5.74) is 2.58. The molecule has 0 aromatic heterocycles. The highest BCUT2D eigenvalue weighted by atomic mass is 16.4. The monoisotopic (exact) mass is 244 g/mol. The molecule has 2 heteroatoms. The molecule has 0 atom stereocenters. The number of benzene rings is 1. The van der Waals surface area contributed by atoms with Crippen LogP contribution in [0.3, 0.4) is 0 Å². The van der Waals surface area contributed by atoms with E-state index >= 15 is 0 Å². The average Bonchev–Trinajstić information content (AvgIpc) is 2.40. The predicted molar refractivity (Wildman–Crippen MR) is 73.2 cm³/mol. The quantitative estimate of drug-likeness (QED) is 0.812. The summed E-state index contributed by atoms with van der Waals surface area (Å²) in [6, 6.07) is 9.85. The van der Waals surface area contributed by atoms with Gasteiger partial charge in [0.2, 0.25) is 0 Å². The summed E-state index contributed by atoms with van der Waals surface area (Å²) >= 11 is 0. The molecule has 0 radical (unpaired) electrons. The Kier molecular flexibility index (Phi) is 4.19. The Morgan fingerprint density at radius 1 is 1.11 bits per heavy atom. The first kappa shape index (κ1) is 12.9. The maximum Gasteiger partial charge on any atom is 0.332 e. The van der Waals surface area contributed by atoms with Crippen molar-refractivity contribution in [2.24, 2.45) is 5.92 Å². The Morgan fingerprint density at radius 3 is 2.28 bits per heavy atom. The van der Waals surface area contributed by atoms with Crippen molar-refractivity contribution < 1.29 is 9.90 Å². The van der Waals surface area contributed by atoms with Gasteiger partial charge in [0, 0.05) is 5.57 Å². The normalized spacial score (nSPS) is 18.3. The first-order chi connectivity index (χ1) is 8.70. The minimum Gasteiger partial charge on any atom is -0.478 e. The zero-order chi connectivity index (χ0) is 13.0. The molecule has 1 aromatic rings. The Hall–Kier alpha value is -1.57.